The van der Waals surface area contributed by atoms with Gasteiger partial charge in [-0.3, -0.25) is 9.83 Å². The molecule has 1 atom stereocenters. The van der Waals surface area contributed by atoms with Crippen LogP contribution in [0.25, 0.3) is 0 Å². The Bertz CT molecular complexity index is 621. The van der Waals surface area contributed by atoms with Crippen molar-refractivity contribution in [1.29, 1.82) is 0 Å². The molecule has 0 aromatic rings. The molecule has 3 aliphatic rings. The second-order valence-electron chi connectivity index (χ2n) is 5.84. The summed E-state index contributed by atoms with van der Waals surface area (Å²) in [6.07, 6.45) is 0.251. The Kier molecular flexibility index (Phi) is 3.87. The summed E-state index contributed by atoms with van der Waals surface area (Å²) in [5.41, 5.74) is 2.60. The van der Waals surface area contributed by atoms with Crippen LogP contribution in [0.4, 0.5) is 13.2 Å². The zero-order valence-electron chi connectivity index (χ0n) is 13.3. The Morgan fingerprint density at radius 2 is 2.09 bits per heavy atom. The normalized spacial score (nSPS) is 23.9. The van der Waals surface area contributed by atoms with Crippen LogP contribution in [-0.4, -0.2) is 47.6 Å². The molecule has 23 heavy (non-hydrogen) atoms. The largest absolute Gasteiger partial charge is 0.390 e. The second kappa shape index (κ2) is 5.59. The maximum atomic E-state index is 12.6. The molecule has 3 aliphatic heterocycles. The molecular weight excluding hydrogens is 309 g/mol. The number of halogens is 3. The Morgan fingerprint density at radius 1 is 1.35 bits per heavy atom. The zero-order chi connectivity index (χ0) is 16.8. The number of aliphatic imine (C=N–C) groups is 1. The van der Waals surface area contributed by atoms with E-state index in [0.29, 0.717) is 12.5 Å². The van der Waals surface area contributed by atoms with Gasteiger partial charge in [-0.25, -0.2) is 5.06 Å². The van der Waals surface area contributed by atoms with Crippen LogP contribution >= 0.6 is 0 Å². The van der Waals surface area contributed by atoms with Crippen LogP contribution in [-0.2, 0) is 4.84 Å². The van der Waals surface area contributed by atoms with Crippen molar-refractivity contribution in [3.05, 3.63) is 35.2 Å². The van der Waals surface area contributed by atoms with Crippen LogP contribution in [0, 0.1) is 5.92 Å². The number of rotatable bonds is 3. The van der Waals surface area contributed by atoms with Crippen LogP contribution in [0.2, 0.25) is 0 Å². The molecule has 0 fully saturated rings. The molecule has 8 heteroatoms. The molecule has 0 N–H and O–H groups in total. The van der Waals surface area contributed by atoms with Crippen LogP contribution < -0.4 is 0 Å². The monoisotopic (exact) mass is 328 g/mol. The lowest BCUT2D eigenvalue weighted by molar-refractivity contribution is -0.136. The number of allylic oxidation sites excluding steroid dienone is 2. The second-order valence-corrected chi connectivity index (χ2v) is 5.84. The summed E-state index contributed by atoms with van der Waals surface area (Å²) in [4.78, 5) is 13.3. The molecule has 1 unspecified atom stereocenters. The first kappa shape index (κ1) is 15.9. The van der Waals surface area contributed by atoms with E-state index in [1.165, 1.54) is 0 Å². The molecule has 0 radical (unpaired) electrons. The molecular formula is C15H19F3N4O. The SMILES string of the molecule is CON1C=C2C=NC3=C(N(CCC(F)(F)F)C=C(C)C3C)N2C1. The average Bonchev–Trinajstić information content (AvgIpc) is 2.91. The third kappa shape index (κ3) is 2.95. The minimum absolute atomic E-state index is 0.0709. The highest BCUT2D eigenvalue weighted by atomic mass is 19.4. The predicted octanol–water partition coefficient (Wildman–Crippen LogP) is 3.03. The standard InChI is InChI=1S/C15H19F3N4O/c1-10-7-20(5-4-15(16,17)18)14-13(11(10)2)19-6-12-8-21(23-3)9-22(12)14/h6-8,11H,4-5,9H2,1-3H3. The lowest BCUT2D eigenvalue weighted by Gasteiger charge is -2.40. The molecule has 0 aliphatic carbocycles. The first-order chi connectivity index (χ1) is 10.8. The van der Waals surface area contributed by atoms with Crippen LogP contribution in [0.1, 0.15) is 20.3 Å². The number of hydroxylamine groups is 2. The van der Waals surface area contributed by atoms with Gasteiger partial charge >= 0.3 is 6.18 Å². The molecule has 126 valence electrons. The fraction of sp³-hybridized carbons (Fsp3) is 0.533. The van der Waals surface area contributed by atoms with Crippen molar-refractivity contribution in [3.8, 4) is 0 Å². The van der Waals surface area contributed by atoms with E-state index >= 15 is 0 Å². The van der Waals surface area contributed by atoms with Crippen molar-refractivity contribution in [2.24, 2.45) is 10.9 Å². The minimum Gasteiger partial charge on any atom is -0.333 e. The molecule has 0 spiro atoms. The third-order valence-electron chi connectivity index (χ3n) is 4.28. The van der Waals surface area contributed by atoms with Crippen LogP contribution in [0.15, 0.2) is 40.2 Å². The number of alkyl halides is 3. The molecule has 3 heterocycles. The Morgan fingerprint density at radius 3 is 2.74 bits per heavy atom. The Labute approximate surface area is 133 Å². The minimum atomic E-state index is -4.19. The van der Waals surface area contributed by atoms with E-state index in [2.05, 4.69) is 4.99 Å². The van der Waals surface area contributed by atoms with Gasteiger partial charge in [0.1, 0.15) is 12.5 Å². The van der Waals surface area contributed by atoms with E-state index in [-0.39, 0.29) is 12.5 Å². The molecule has 0 saturated heterocycles. The van der Waals surface area contributed by atoms with E-state index < -0.39 is 12.6 Å². The summed E-state index contributed by atoms with van der Waals surface area (Å²) in [6, 6.07) is 0. The summed E-state index contributed by atoms with van der Waals surface area (Å²) >= 11 is 0. The fourth-order valence-electron chi connectivity index (χ4n) is 2.87. The highest BCUT2D eigenvalue weighted by molar-refractivity contribution is 5.81. The Hall–Kier alpha value is -1.96. The number of fused-ring (bicyclic) bond motifs is 2. The molecule has 0 aromatic carbocycles. The number of hydrogen-bond donors (Lipinski definition) is 0. The smallest absolute Gasteiger partial charge is 0.333 e. The summed E-state index contributed by atoms with van der Waals surface area (Å²) < 4.78 is 37.9. The summed E-state index contributed by atoms with van der Waals surface area (Å²) in [6.45, 7) is 4.23. The van der Waals surface area contributed by atoms with Gasteiger partial charge in [-0.15, -0.1) is 0 Å². The molecule has 3 rings (SSSR count). The maximum absolute atomic E-state index is 12.6. The lowest BCUT2D eigenvalue weighted by Crippen LogP contribution is -2.40. The van der Waals surface area contributed by atoms with Gasteiger partial charge in [0.25, 0.3) is 0 Å². The maximum Gasteiger partial charge on any atom is 0.390 e. The van der Waals surface area contributed by atoms with E-state index in [4.69, 9.17) is 4.84 Å². The van der Waals surface area contributed by atoms with Gasteiger partial charge in [0.15, 0.2) is 0 Å². The van der Waals surface area contributed by atoms with Gasteiger partial charge in [-0.05, 0) is 12.5 Å². The van der Waals surface area contributed by atoms with Crippen LogP contribution in [0.3, 0.4) is 0 Å². The predicted molar refractivity (Wildman–Crippen MR) is 79.5 cm³/mol. The lowest BCUT2D eigenvalue weighted by atomic mass is 9.95. The van der Waals surface area contributed by atoms with Crippen molar-refractivity contribution in [3.63, 3.8) is 0 Å². The van der Waals surface area contributed by atoms with E-state index in [1.54, 1.807) is 35.7 Å². The quantitative estimate of drug-likeness (QED) is 0.797. The average molecular weight is 328 g/mol. The highest BCUT2D eigenvalue weighted by Gasteiger charge is 2.37. The molecule has 0 aromatic heterocycles. The highest BCUT2D eigenvalue weighted by Crippen LogP contribution is 2.38. The Balaban J connectivity index is 1.92. The van der Waals surface area contributed by atoms with E-state index in [9.17, 15) is 13.2 Å². The van der Waals surface area contributed by atoms with Gasteiger partial charge in [0.05, 0.1) is 37.3 Å². The zero-order valence-corrected chi connectivity index (χ0v) is 13.3. The first-order valence-electron chi connectivity index (χ1n) is 7.40. The molecule has 0 amide bonds. The number of nitrogens with zero attached hydrogens (tertiary/aromatic N) is 4. The summed E-state index contributed by atoms with van der Waals surface area (Å²) in [5.74, 6) is 0.780. The molecule has 5 nitrogen and oxygen atoms in total. The fourth-order valence-corrected chi connectivity index (χ4v) is 2.87. The van der Waals surface area contributed by atoms with Crippen molar-refractivity contribution in [2.45, 2.75) is 26.4 Å². The van der Waals surface area contributed by atoms with E-state index in [1.807, 2.05) is 18.7 Å². The molecule has 0 saturated carbocycles. The van der Waals surface area contributed by atoms with Crippen molar-refractivity contribution >= 4 is 6.21 Å². The summed E-state index contributed by atoms with van der Waals surface area (Å²) in [7, 11) is 1.55. The van der Waals surface area contributed by atoms with Crippen LogP contribution in [0.5, 0.6) is 0 Å². The van der Waals surface area contributed by atoms with E-state index in [0.717, 1.165) is 17.0 Å². The third-order valence-corrected chi connectivity index (χ3v) is 4.28. The van der Waals surface area contributed by atoms with Gasteiger partial charge < -0.3 is 9.80 Å². The van der Waals surface area contributed by atoms with Gasteiger partial charge in [0.2, 0.25) is 0 Å². The first-order valence-corrected chi connectivity index (χ1v) is 7.40. The van der Waals surface area contributed by atoms with Gasteiger partial charge in [-0.1, -0.05) is 6.92 Å². The van der Waals surface area contributed by atoms with Crippen molar-refractivity contribution < 1.29 is 18.0 Å². The topological polar surface area (TPSA) is 31.3 Å². The number of hydrogen-bond acceptors (Lipinski definition) is 5. The van der Waals surface area contributed by atoms with Gasteiger partial charge in [-0.2, -0.15) is 13.2 Å². The molecule has 0 bridgehead atoms. The van der Waals surface area contributed by atoms with Crippen molar-refractivity contribution in [1.82, 2.24) is 14.9 Å². The summed E-state index contributed by atoms with van der Waals surface area (Å²) in [5, 5.41) is 1.62. The van der Waals surface area contributed by atoms with Crippen molar-refractivity contribution in [2.75, 3.05) is 20.3 Å². The van der Waals surface area contributed by atoms with Gasteiger partial charge in [0, 0.05) is 18.7 Å².